The molecule has 2 heterocycles. The number of carbonyl (C=O) groups excluding carboxylic acids is 1. The van der Waals surface area contributed by atoms with Crippen LogP contribution in [0.4, 0.5) is 0 Å². The molecule has 2 aliphatic heterocycles. The number of nitrogens with zero attached hydrogens (tertiary/aromatic N) is 2. The highest BCUT2D eigenvalue weighted by atomic mass is 32.2. The summed E-state index contributed by atoms with van der Waals surface area (Å²) >= 11 is 0. The third-order valence-corrected chi connectivity index (χ3v) is 12.7. The fourth-order valence-corrected chi connectivity index (χ4v) is 8.87. The summed E-state index contributed by atoms with van der Waals surface area (Å²) in [6.45, 7) is 9.91. The van der Waals surface area contributed by atoms with Crippen LogP contribution in [0.25, 0.3) is 0 Å². The zero-order valence-corrected chi connectivity index (χ0v) is 34.1. The summed E-state index contributed by atoms with van der Waals surface area (Å²) in [6, 6.07) is 41.3. The lowest BCUT2D eigenvalue weighted by Gasteiger charge is -2.44. The van der Waals surface area contributed by atoms with E-state index in [2.05, 4.69) is 57.1 Å². The van der Waals surface area contributed by atoms with Crippen LogP contribution in [0.2, 0.25) is 0 Å². The van der Waals surface area contributed by atoms with Crippen LogP contribution in [0.15, 0.2) is 138 Å². The lowest BCUT2D eigenvalue weighted by atomic mass is 9.90. The largest absolute Gasteiger partial charge is 0.392 e. The number of aryl methyl sites for hydroxylation is 1. The average Bonchev–Trinajstić information content (AvgIpc) is 3.25. The summed E-state index contributed by atoms with van der Waals surface area (Å²) in [7, 11) is -3.96. The van der Waals surface area contributed by atoms with Gasteiger partial charge in [-0.1, -0.05) is 134 Å². The van der Waals surface area contributed by atoms with Gasteiger partial charge in [0.1, 0.15) is 6.04 Å². The standard InChI is InChI=1S/C47H54N4O6S/c1-34-13-23-42(24-14-34)58(54,55)49-43(29-36-9-5-3-6-10-36)46(53)48-30-37-15-21-41(22-16-37)47-56-44(35(2)45(57-47)40-19-17-39(33-52)18-20-40)32-51-27-25-50(26-28-51)31-38-11-7-4-8-12-38/h3-24,35,43-45,47,49,52H,25-33H2,1-2H3,(H,48,53). The van der Waals surface area contributed by atoms with Crippen molar-refractivity contribution in [3.63, 3.8) is 0 Å². The van der Waals surface area contributed by atoms with E-state index in [4.69, 9.17) is 9.47 Å². The molecule has 0 aromatic heterocycles. The first-order valence-corrected chi connectivity index (χ1v) is 21.6. The fourth-order valence-electron chi connectivity index (χ4n) is 7.67. The molecule has 2 saturated heterocycles. The number of nitrogens with one attached hydrogen (secondary N) is 2. The zero-order chi connectivity index (χ0) is 40.5. The van der Waals surface area contributed by atoms with E-state index in [9.17, 15) is 18.3 Å². The van der Waals surface area contributed by atoms with Crippen molar-refractivity contribution in [2.45, 2.75) is 69.4 Å². The Bertz CT molecular complexity index is 2160. The smallest absolute Gasteiger partial charge is 0.241 e. The molecule has 5 atom stereocenters. The molecular formula is C47H54N4O6S. The van der Waals surface area contributed by atoms with Gasteiger partial charge in [-0.05, 0) is 53.3 Å². The molecule has 2 aliphatic rings. The number of carbonyl (C=O) groups is 1. The Morgan fingerprint density at radius 1 is 0.724 bits per heavy atom. The minimum Gasteiger partial charge on any atom is -0.392 e. The maximum Gasteiger partial charge on any atom is 0.241 e. The first kappa shape index (κ1) is 41.4. The zero-order valence-electron chi connectivity index (χ0n) is 33.2. The van der Waals surface area contributed by atoms with Crippen molar-refractivity contribution in [1.82, 2.24) is 19.8 Å². The van der Waals surface area contributed by atoms with E-state index < -0.39 is 28.3 Å². The first-order valence-electron chi connectivity index (χ1n) is 20.1. The minimum absolute atomic E-state index is 0.0184. The second-order valence-electron chi connectivity index (χ2n) is 15.5. The van der Waals surface area contributed by atoms with Crippen LogP contribution in [0.1, 0.15) is 58.3 Å². The van der Waals surface area contributed by atoms with Gasteiger partial charge in [0.15, 0.2) is 6.29 Å². The number of sulfonamides is 1. The summed E-state index contributed by atoms with van der Waals surface area (Å²) in [5.41, 5.74) is 6.72. The molecule has 2 fully saturated rings. The van der Waals surface area contributed by atoms with Gasteiger partial charge in [-0.25, -0.2) is 8.42 Å². The van der Waals surface area contributed by atoms with E-state index >= 15 is 0 Å². The second-order valence-corrected chi connectivity index (χ2v) is 17.2. The predicted molar refractivity (Wildman–Crippen MR) is 225 cm³/mol. The molecule has 11 heteroatoms. The topological polar surface area (TPSA) is 120 Å². The van der Waals surface area contributed by atoms with Crippen molar-refractivity contribution in [3.05, 3.63) is 172 Å². The molecule has 7 rings (SSSR count). The Labute approximate surface area is 342 Å². The Kier molecular flexibility index (Phi) is 13.8. The van der Waals surface area contributed by atoms with Crippen LogP contribution < -0.4 is 10.0 Å². The third-order valence-electron chi connectivity index (χ3n) is 11.2. The maximum atomic E-state index is 13.6. The van der Waals surface area contributed by atoms with E-state index in [-0.39, 0.29) is 42.6 Å². The monoisotopic (exact) mass is 802 g/mol. The number of rotatable bonds is 15. The number of ether oxygens (including phenoxy) is 2. The highest BCUT2D eigenvalue weighted by molar-refractivity contribution is 7.89. The van der Waals surface area contributed by atoms with Crippen molar-refractivity contribution in [3.8, 4) is 0 Å². The predicted octanol–water partition coefficient (Wildman–Crippen LogP) is 6.30. The lowest BCUT2D eigenvalue weighted by Crippen LogP contribution is -2.51. The van der Waals surface area contributed by atoms with Gasteiger partial charge in [-0.2, -0.15) is 4.72 Å². The third kappa shape index (κ3) is 10.9. The summed E-state index contributed by atoms with van der Waals surface area (Å²) in [4.78, 5) is 18.7. The summed E-state index contributed by atoms with van der Waals surface area (Å²) in [6.07, 6.45) is -0.732. The molecule has 0 bridgehead atoms. The quantitative estimate of drug-likeness (QED) is 0.113. The van der Waals surface area contributed by atoms with Crippen LogP contribution in [-0.2, 0) is 50.4 Å². The SMILES string of the molecule is Cc1ccc(S(=O)(=O)NC(Cc2ccccc2)C(=O)NCc2ccc(C3OC(CN4CCN(Cc5ccccc5)CC4)C(C)C(c4ccc(CO)cc4)O3)cc2)cc1. The van der Waals surface area contributed by atoms with Gasteiger partial charge in [0.25, 0.3) is 0 Å². The minimum atomic E-state index is -3.96. The van der Waals surface area contributed by atoms with Gasteiger partial charge in [0.05, 0.1) is 23.7 Å². The van der Waals surface area contributed by atoms with E-state index in [1.165, 1.54) is 5.56 Å². The number of aliphatic hydroxyl groups excluding tert-OH is 1. The molecule has 5 aromatic carbocycles. The van der Waals surface area contributed by atoms with Crippen molar-refractivity contribution >= 4 is 15.9 Å². The Balaban J connectivity index is 1.02. The van der Waals surface area contributed by atoms with Crippen molar-refractivity contribution in [2.24, 2.45) is 5.92 Å². The van der Waals surface area contributed by atoms with Crippen molar-refractivity contribution < 1.29 is 27.8 Å². The van der Waals surface area contributed by atoms with Gasteiger partial charge in [-0.3, -0.25) is 14.6 Å². The Morgan fingerprint density at radius 2 is 1.31 bits per heavy atom. The van der Waals surface area contributed by atoms with Gasteiger partial charge < -0.3 is 19.9 Å². The molecule has 1 amide bonds. The number of benzene rings is 5. The van der Waals surface area contributed by atoms with Gasteiger partial charge in [0.2, 0.25) is 15.9 Å². The number of hydrogen-bond acceptors (Lipinski definition) is 8. The van der Waals surface area contributed by atoms with Crippen LogP contribution in [0, 0.1) is 12.8 Å². The normalized spacial score (nSPS) is 21.0. The number of piperazine rings is 1. The van der Waals surface area contributed by atoms with Gasteiger partial charge >= 0.3 is 0 Å². The van der Waals surface area contributed by atoms with Gasteiger partial charge in [0, 0.05) is 57.3 Å². The first-order chi connectivity index (χ1) is 28.1. The molecule has 58 heavy (non-hydrogen) atoms. The van der Waals surface area contributed by atoms with E-state index in [0.717, 1.165) is 72.6 Å². The number of hydrogen-bond donors (Lipinski definition) is 3. The summed E-state index contributed by atoms with van der Waals surface area (Å²) in [5.74, 6) is -0.351. The average molecular weight is 803 g/mol. The molecule has 304 valence electrons. The van der Waals surface area contributed by atoms with Crippen LogP contribution in [-0.4, -0.2) is 74.1 Å². The molecule has 3 N–H and O–H groups in total. The Morgan fingerprint density at radius 3 is 1.95 bits per heavy atom. The number of amides is 1. The summed E-state index contributed by atoms with van der Waals surface area (Å²) < 4.78 is 42.8. The maximum absolute atomic E-state index is 13.6. The Hall–Kier alpha value is -4.72. The van der Waals surface area contributed by atoms with Crippen molar-refractivity contribution in [2.75, 3.05) is 32.7 Å². The lowest BCUT2D eigenvalue weighted by molar-refractivity contribution is -0.276. The van der Waals surface area contributed by atoms with E-state index in [0.29, 0.717) is 0 Å². The highest BCUT2D eigenvalue weighted by Gasteiger charge is 2.39. The molecule has 0 aliphatic carbocycles. The fraction of sp³-hybridized carbons (Fsp3) is 0.340. The summed E-state index contributed by atoms with van der Waals surface area (Å²) in [5, 5.41) is 12.6. The van der Waals surface area contributed by atoms with E-state index in [1.807, 2.05) is 85.8 Å². The molecular weight excluding hydrogens is 749 g/mol. The van der Waals surface area contributed by atoms with Crippen LogP contribution >= 0.6 is 0 Å². The molecule has 10 nitrogen and oxygen atoms in total. The molecule has 0 radical (unpaired) electrons. The number of aliphatic hydroxyl groups is 1. The van der Waals surface area contributed by atoms with Crippen LogP contribution in [0.3, 0.4) is 0 Å². The van der Waals surface area contributed by atoms with Crippen molar-refractivity contribution in [1.29, 1.82) is 0 Å². The van der Waals surface area contributed by atoms with Gasteiger partial charge in [-0.15, -0.1) is 0 Å². The molecule has 0 saturated carbocycles. The second kappa shape index (κ2) is 19.4. The molecule has 0 spiro atoms. The van der Waals surface area contributed by atoms with Crippen LogP contribution in [0.5, 0.6) is 0 Å². The van der Waals surface area contributed by atoms with E-state index in [1.54, 1.807) is 24.3 Å². The molecule has 5 unspecified atom stereocenters. The highest BCUT2D eigenvalue weighted by Crippen LogP contribution is 2.42. The molecule has 5 aromatic rings.